The van der Waals surface area contributed by atoms with Gasteiger partial charge in [0.25, 0.3) is 5.89 Å². The highest BCUT2D eigenvalue weighted by atomic mass is 32.1. The van der Waals surface area contributed by atoms with E-state index in [1.165, 1.54) is 0 Å². The smallest absolute Gasteiger partial charge is 0.258 e. The van der Waals surface area contributed by atoms with Crippen molar-refractivity contribution in [3.63, 3.8) is 0 Å². The van der Waals surface area contributed by atoms with E-state index in [4.69, 9.17) is 9.26 Å². The minimum absolute atomic E-state index is 0.524. The highest BCUT2D eigenvalue weighted by Crippen LogP contribution is 2.26. The molecule has 20 heavy (non-hydrogen) atoms. The summed E-state index contributed by atoms with van der Waals surface area (Å²) in [5.41, 5.74) is 0.893. The third-order valence-electron chi connectivity index (χ3n) is 2.74. The van der Waals surface area contributed by atoms with Crippen molar-refractivity contribution in [3.8, 4) is 27.9 Å². The first-order valence-electron chi connectivity index (χ1n) is 6.47. The van der Waals surface area contributed by atoms with Crippen molar-refractivity contribution in [2.45, 2.75) is 13.3 Å². The van der Waals surface area contributed by atoms with Gasteiger partial charge in [0.05, 0.1) is 11.5 Å². The molecule has 1 aromatic carbocycles. The average molecular weight is 286 g/mol. The Morgan fingerprint density at radius 3 is 2.75 bits per heavy atom. The first kappa shape index (κ1) is 12.9. The number of hydrogen-bond donors (Lipinski definition) is 0. The number of ether oxygens (including phenoxy) is 1. The summed E-state index contributed by atoms with van der Waals surface area (Å²) in [6, 6.07) is 11.6. The monoisotopic (exact) mass is 286 g/mol. The van der Waals surface area contributed by atoms with E-state index in [1.807, 2.05) is 41.8 Å². The molecule has 5 heteroatoms. The van der Waals surface area contributed by atoms with Gasteiger partial charge >= 0.3 is 0 Å². The van der Waals surface area contributed by atoms with E-state index >= 15 is 0 Å². The Labute approximate surface area is 121 Å². The number of thiophene rings is 1. The van der Waals surface area contributed by atoms with Gasteiger partial charge in [0, 0.05) is 5.56 Å². The summed E-state index contributed by atoms with van der Waals surface area (Å²) >= 11 is 1.59. The predicted molar refractivity (Wildman–Crippen MR) is 78.8 cm³/mol. The van der Waals surface area contributed by atoms with Crippen LogP contribution in [0.3, 0.4) is 0 Å². The Bertz CT molecular complexity index is 660. The molecule has 0 aliphatic carbocycles. The molecule has 0 saturated carbocycles. The lowest BCUT2D eigenvalue weighted by Gasteiger charge is -2.03. The zero-order valence-corrected chi connectivity index (χ0v) is 11.9. The molecule has 0 fully saturated rings. The molecule has 0 amide bonds. The van der Waals surface area contributed by atoms with Crippen molar-refractivity contribution in [2.75, 3.05) is 6.61 Å². The summed E-state index contributed by atoms with van der Waals surface area (Å²) < 4.78 is 10.8. The fraction of sp³-hybridized carbons (Fsp3) is 0.200. The van der Waals surface area contributed by atoms with Gasteiger partial charge in [-0.2, -0.15) is 4.98 Å². The Balaban J connectivity index is 1.79. The topological polar surface area (TPSA) is 48.2 Å². The quantitative estimate of drug-likeness (QED) is 0.703. The minimum atomic E-state index is 0.524. The minimum Gasteiger partial charge on any atom is -0.494 e. The molecular formula is C15H14N2O2S. The van der Waals surface area contributed by atoms with Crippen LogP contribution in [0.25, 0.3) is 22.2 Å². The molecule has 3 rings (SSSR count). The summed E-state index contributed by atoms with van der Waals surface area (Å²) in [6.45, 7) is 2.81. The zero-order valence-electron chi connectivity index (χ0n) is 11.1. The van der Waals surface area contributed by atoms with E-state index in [-0.39, 0.29) is 0 Å². The van der Waals surface area contributed by atoms with Gasteiger partial charge in [0.1, 0.15) is 5.75 Å². The number of benzene rings is 1. The molecule has 0 aliphatic heterocycles. The average Bonchev–Trinajstić information content (AvgIpc) is 3.16. The molecule has 0 atom stereocenters. The maximum Gasteiger partial charge on any atom is 0.258 e. The first-order valence-corrected chi connectivity index (χ1v) is 7.35. The van der Waals surface area contributed by atoms with Crippen LogP contribution in [0.1, 0.15) is 13.3 Å². The molecule has 0 unspecified atom stereocenters. The van der Waals surface area contributed by atoms with Crippen LogP contribution < -0.4 is 4.74 Å². The lowest BCUT2D eigenvalue weighted by molar-refractivity contribution is 0.317. The van der Waals surface area contributed by atoms with Crippen LogP contribution in [-0.2, 0) is 0 Å². The van der Waals surface area contributed by atoms with Crippen molar-refractivity contribution in [1.82, 2.24) is 10.1 Å². The number of aromatic nitrogens is 2. The van der Waals surface area contributed by atoms with Crippen LogP contribution in [-0.4, -0.2) is 16.7 Å². The highest BCUT2D eigenvalue weighted by Gasteiger charge is 2.11. The summed E-state index contributed by atoms with van der Waals surface area (Å²) in [6.07, 6.45) is 0.996. The maximum atomic E-state index is 5.55. The molecule has 102 valence electrons. The van der Waals surface area contributed by atoms with Crippen LogP contribution >= 0.6 is 11.3 Å². The summed E-state index contributed by atoms with van der Waals surface area (Å²) in [5, 5.41) is 5.99. The highest BCUT2D eigenvalue weighted by molar-refractivity contribution is 7.13. The zero-order chi connectivity index (χ0) is 13.8. The molecular weight excluding hydrogens is 272 g/mol. The Morgan fingerprint density at radius 1 is 1.20 bits per heavy atom. The lowest BCUT2D eigenvalue weighted by atomic mass is 10.2. The Hall–Kier alpha value is -2.14. The van der Waals surface area contributed by atoms with E-state index in [9.17, 15) is 0 Å². The van der Waals surface area contributed by atoms with Gasteiger partial charge in [-0.15, -0.1) is 11.3 Å². The second-order valence-corrected chi connectivity index (χ2v) is 5.22. The molecule has 2 aromatic heterocycles. The Morgan fingerprint density at radius 2 is 2.05 bits per heavy atom. The SMILES string of the molecule is CCCOc1ccc(-c2nc(-c3cccs3)no2)cc1. The third-order valence-corrected chi connectivity index (χ3v) is 3.61. The molecule has 0 saturated heterocycles. The van der Waals surface area contributed by atoms with Crippen LogP contribution in [0.5, 0.6) is 5.75 Å². The first-order chi connectivity index (χ1) is 9.86. The second-order valence-electron chi connectivity index (χ2n) is 4.27. The molecule has 0 N–H and O–H groups in total. The van der Waals surface area contributed by atoms with Crippen LogP contribution in [0, 0.1) is 0 Å². The lowest BCUT2D eigenvalue weighted by Crippen LogP contribution is -1.94. The maximum absolute atomic E-state index is 5.55. The number of nitrogens with zero attached hydrogens (tertiary/aromatic N) is 2. The van der Waals surface area contributed by atoms with Gasteiger partial charge in [-0.25, -0.2) is 0 Å². The van der Waals surface area contributed by atoms with E-state index in [1.54, 1.807) is 11.3 Å². The fourth-order valence-electron chi connectivity index (χ4n) is 1.76. The van der Waals surface area contributed by atoms with Crippen molar-refractivity contribution in [2.24, 2.45) is 0 Å². The largest absolute Gasteiger partial charge is 0.494 e. The standard InChI is InChI=1S/C15H14N2O2S/c1-2-9-18-12-7-5-11(6-8-12)15-16-14(17-19-15)13-4-3-10-20-13/h3-8,10H,2,9H2,1H3. The second kappa shape index (κ2) is 5.88. The van der Waals surface area contributed by atoms with Crippen molar-refractivity contribution in [1.29, 1.82) is 0 Å². The van der Waals surface area contributed by atoms with Crippen molar-refractivity contribution in [3.05, 3.63) is 41.8 Å². The predicted octanol–water partition coefficient (Wildman–Crippen LogP) is 4.25. The number of hydrogen-bond acceptors (Lipinski definition) is 5. The van der Waals surface area contributed by atoms with Crippen LogP contribution in [0.4, 0.5) is 0 Å². The fourth-order valence-corrected chi connectivity index (χ4v) is 2.41. The van der Waals surface area contributed by atoms with Gasteiger partial charge in [0.15, 0.2) is 0 Å². The van der Waals surface area contributed by atoms with Crippen LogP contribution in [0.2, 0.25) is 0 Å². The molecule has 2 heterocycles. The molecule has 0 radical (unpaired) electrons. The van der Waals surface area contributed by atoms with Crippen molar-refractivity contribution < 1.29 is 9.26 Å². The van der Waals surface area contributed by atoms with Gasteiger partial charge in [-0.3, -0.25) is 0 Å². The van der Waals surface area contributed by atoms with Gasteiger partial charge in [-0.1, -0.05) is 18.1 Å². The van der Waals surface area contributed by atoms with Gasteiger partial charge < -0.3 is 9.26 Å². The Kier molecular flexibility index (Phi) is 3.78. The third kappa shape index (κ3) is 2.72. The van der Waals surface area contributed by atoms with E-state index in [0.717, 1.165) is 29.2 Å². The van der Waals surface area contributed by atoms with E-state index < -0.39 is 0 Å². The molecule has 4 nitrogen and oxygen atoms in total. The van der Waals surface area contributed by atoms with Crippen LogP contribution in [0.15, 0.2) is 46.3 Å². The summed E-state index contributed by atoms with van der Waals surface area (Å²) in [7, 11) is 0. The van der Waals surface area contributed by atoms with E-state index in [0.29, 0.717) is 11.7 Å². The summed E-state index contributed by atoms with van der Waals surface area (Å²) in [5.74, 6) is 2.00. The number of rotatable bonds is 5. The summed E-state index contributed by atoms with van der Waals surface area (Å²) in [4.78, 5) is 5.41. The van der Waals surface area contributed by atoms with Crippen molar-refractivity contribution >= 4 is 11.3 Å². The molecule has 0 bridgehead atoms. The normalized spacial score (nSPS) is 10.7. The van der Waals surface area contributed by atoms with E-state index in [2.05, 4.69) is 17.1 Å². The molecule has 0 spiro atoms. The molecule has 0 aliphatic rings. The van der Waals surface area contributed by atoms with Gasteiger partial charge in [-0.05, 0) is 42.1 Å². The van der Waals surface area contributed by atoms with Gasteiger partial charge in [0.2, 0.25) is 5.82 Å². The molecule has 3 aromatic rings.